The molecular weight excluding hydrogens is 164 g/mol. The van der Waals surface area contributed by atoms with E-state index in [1.165, 1.54) is 0 Å². The molecule has 3 heteroatoms. The van der Waals surface area contributed by atoms with Crippen molar-refractivity contribution in [1.82, 2.24) is 9.97 Å². The molecule has 0 unspecified atom stereocenters. The molecule has 0 saturated carbocycles. The van der Waals surface area contributed by atoms with Gasteiger partial charge in [0.15, 0.2) is 5.82 Å². The molecule has 0 aromatic carbocycles. The van der Waals surface area contributed by atoms with Crippen LogP contribution < -0.4 is 0 Å². The molecule has 1 rings (SSSR count). The van der Waals surface area contributed by atoms with Crippen LogP contribution in [-0.2, 0) is 5.41 Å². The molecule has 0 aliphatic heterocycles. The Bertz CT molecular complexity index is 272. The normalized spacial score (nSPS) is 14.2. The molecular formula is C10H16N2O. The first kappa shape index (κ1) is 10.1. The average molecular weight is 180 g/mol. The van der Waals surface area contributed by atoms with Gasteiger partial charge >= 0.3 is 0 Å². The second-order valence-corrected chi connectivity index (χ2v) is 4.26. The molecule has 72 valence electrons. The zero-order valence-corrected chi connectivity index (χ0v) is 8.57. The Morgan fingerprint density at radius 2 is 1.69 bits per heavy atom. The first-order chi connectivity index (χ1) is 5.91. The van der Waals surface area contributed by atoms with Crippen molar-refractivity contribution >= 4 is 0 Å². The quantitative estimate of drug-likeness (QED) is 0.717. The molecule has 0 amide bonds. The van der Waals surface area contributed by atoms with E-state index in [4.69, 9.17) is 0 Å². The summed E-state index contributed by atoms with van der Waals surface area (Å²) in [5.41, 5.74) is 1.15. The fourth-order valence-corrected chi connectivity index (χ4v) is 0.941. The molecule has 0 aliphatic carbocycles. The van der Waals surface area contributed by atoms with Gasteiger partial charge in [-0.25, -0.2) is 9.97 Å². The predicted molar refractivity (Wildman–Crippen MR) is 51.4 cm³/mol. The molecule has 1 aromatic rings. The highest BCUT2D eigenvalue weighted by molar-refractivity contribution is 5.15. The van der Waals surface area contributed by atoms with E-state index in [9.17, 15) is 5.11 Å². The van der Waals surface area contributed by atoms with Gasteiger partial charge in [-0.05, 0) is 17.9 Å². The van der Waals surface area contributed by atoms with Crippen LogP contribution in [0.2, 0.25) is 0 Å². The highest BCUT2D eigenvalue weighted by Crippen LogP contribution is 2.20. The largest absolute Gasteiger partial charge is 0.385 e. The van der Waals surface area contributed by atoms with Gasteiger partial charge in [0, 0.05) is 12.4 Å². The maximum absolute atomic E-state index is 9.19. The number of nitrogens with zero attached hydrogens (tertiary/aromatic N) is 2. The minimum atomic E-state index is -0.589. The van der Waals surface area contributed by atoms with Crippen molar-refractivity contribution in [3.05, 3.63) is 23.8 Å². The molecule has 0 aliphatic rings. The predicted octanol–water partition coefficient (Wildman–Crippen LogP) is 1.83. The highest BCUT2D eigenvalue weighted by Gasteiger charge is 2.14. The van der Waals surface area contributed by atoms with Crippen LogP contribution in [-0.4, -0.2) is 15.1 Å². The molecule has 1 aromatic heterocycles. The Balaban J connectivity index is 2.94. The number of rotatable bonds is 1. The molecule has 3 nitrogen and oxygen atoms in total. The lowest BCUT2D eigenvalue weighted by atomic mass is 9.89. The summed E-state index contributed by atoms with van der Waals surface area (Å²) in [6, 6.07) is 0. The Labute approximate surface area is 78.9 Å². The van der Waals surface area contributed by atoms with Crippen LogP contribution in [0.3, 0.4) is 0 Å². The van der Waals surface area contributed by atoms with Crippen molar-refractivity contribution in [3.63, 3.8) is 0 Å². The highest BCUT2D eigenvalue weighted by atomic mass is 16.3. The van der Waals surface area contributed by atoms with E-state index >= 15 is 0 Å². The summed E-state index contributed by atoms with van der Waals surface area (Å²) in [6.45, 7) is 7.97. The van der Waals surface area contributed by atoms with Gasteiger partial charge in [0.05, 0.1) is 0 Å². The molecule has 0 fully saturated rings. The summed E-state index contributed by atoms with van der Waals surface area (Å²) < 4.78 is 0. The van der Waals surface area contributed by atoms with Crippen molar-refractivity contribution in [2.75, 3.05) is 0 Å². The van der Waals surface area contributed by atoms with Crippen LogP contribution in [0.5, 0.6) is 0 Å². The summed E-state index contributed by atoms with van der Waals surface area (Å²) >= 11 is 0. The van der Waals surface area contributed by atoms with Crippen LogP contribution in [0.15, 0.2) is 12.4 Å². The van der Waals surface area contributed by atoms with Gasteiger partial charge in [0.25, 0.3) is 0 Å². The zero-order valence-electron chi connectivity index (χ0n) is 8.57. The average Bonchev–Trinajstić information content (AvgIpc) is 2.03. The molecule has 0 bridgehead atoms. The van der Waals surface area contributed by atoms with Crippen LogP contribution in [0.4, 0.5) is 0 Å². The van der Waals surface area contributed by atoms with Crippen molar-refractivity contribution < 1.29 is 5.11 Å². The minimum absolute atomic E-state index is 0.0667. The minimum Gasteiger partial charge on any atom is -0.385 e. The van der Waals surface area contributed by atoms with Gasteiger partial charge in [-0.15, -0.1) is 0 Å². The molecule has 1 heterocycles. The maximum Gasteiger partial charge on any atom is 0.156 e. The molecule has 0 spiro atoms. The lowest BCUT2D eigenvalue weighted by Gasteiger charge is -2.17. The van der Waals surface area contributed by atoms with Gasteiger partial charge in [-0.1, -0.05) is 20.8 Å². The zero-order chi connectivity index (χ0) is 10.1. The summed E-state index contributed by atoms with van der Waals surface area (Å²) in [4.78, 5) is 8.17. The van der Waals surface area contributed by atoms with E-state index < -0.39 is 6.10 Å². The summed E-state index contributed by atoms with van der Waals surface area (Å²) in [7, 11) is 0. The molecule has 0 radical (unpaired) electrons. The van der Waals surface area contributed by atoms with Crippen LogP contribution >= 0.6 is 0 Å². The number of aliphatic hydroxyl groups excluding tert-OH is 1. The maximum atomic E-state index is 9.19. The number of hydrogen-bond donors (Lipinski definition) is 1. The summed E-state index contributed by atoms with van der Waals surface area (Å²) in [6.07, 6.45) is 2.96. The Kier molecular flexibility index (Phi) is 2.66. The Hall–Kier alpha value is -0.960. The lowest BCUT2D eigenvalue weighted by Crippen LogP contribution is -2.13. The summed E-state index contributed by atoms with van der Waals surface area (Å²) in [5.74, 6) is 0.480. The van der Waals surface area contributed by atoms with E-state index in [2.05, 4.69) is 30.7 Å². The van der Waals surface area contributed by atoms with Crippen molar-refractivity contribution in [3.8, 4) is 0 Å². The Morgan fingerprint density at radius 3 is 2.00 bits per heavy atom. The number of aromatic nitrogens is 2. The monoisotopic (exact) mass is 180 g/mol. The standard InChI is InChI=1S/C10H16N2O/c1-7(13)9-11-5-8(6-12-9)10(2,3)4/h5-7,13H,1-4H3/t7-/m0/s1. The molecule has 1 atom stereocenters. The molecule has 1 N–H and O–H groups in total. The van der Waals surface area contributed by atoms with E-state index in [1.807, 2.05) is 0 Å². The third kappa shape index (κ3) is 2.49. The second kappa shape index (κ2) is 3.42. The third-order valence-corrected chi connectivity index (χ3v) is 1.91. The van der Waals surface area contributed by atoms with Crippen molar-refractivity contribution in [2.24, 2.45) is 0 Å². The van der Waals surface area contributed by atoms with E-state index in [1.54, 1.807) is 19.3 Å². The smallest absolute Gasteiger partial charge is 0.156 e. The Morgan fingerprint density at radius 1 is 1.23 bits per heavy atom. The fourth-order valence-electron chi connectivity index (χ4n) is 0.941. The van der Waals surface area contributed by atoms with Crippen molar-refractivity contribution in [1.29, 1.82) is 0 Å². The second-order valence-electron chi connectivity index (χ2n) is 4.26. The van der Waals surface area contributed by atoms with Crippen molar-refractivity contribution in [2.45, 2.75) is 39.2 Å². The number of hydrogen-bond acceptors (Lipinski definition) is 3. The third-order valence-electron chi connectivity index (χ3n) is 1.91. The van der Waals surface area contributed by atoms with Crippen LogP contribution in [0.1, 0.15) is 45.2 Å². The topological polar surface area (TPSA) is 46.0 Å². The van der Waals surface area contributed by atoms with Crippen LogP contribution in [0.25, 0.3) is 0 Å². The van der Waals surface area contributed by atoms with Gasteiger partial charge in [0.1, 0.15) is 6.10 Å². The first-order valence-corrected chi connectivity index (χ1v) is 4.42. The lowest BCUT2D eigenvalue weighted by molar-refractivity contribution is 0.188. The first-order valence-electron chi connectivity index (χ1n) is 4.42. The fraction of sp³-hybridized carbons (Fsp3) is 0.600. The molecule has 13 heavy (non-hydrogen) atoms. The SMILES string of the molecule is C[C@H](O)c1ncc(C(C)(C)C)cn1. The van der Waals surface area contributed by atoms with E-state index in [-0.39, 0.29) is 5.41 Å². The van der Waals surface area contributed by atoms with Gasteiger partial charge < -0.3 is 5.11 Å². The number of aliphatic hydroxyl groups is 1. The van der Waals surface area contributed by atoms with Crippen LogP contribution in [0, 0.1) is 0 Å². The van der Waals surface area contributed by atoms with Gasteiger partial charge in [-0.3, -0.25) is 0 Å². The van der Waals surface area contributed by atoms with Gasteiger partial charge in [-0.2, -0.15) is 0 Å². The van der Waals surface area contributed by atoms with E-state index in [0.29, 0.717) is 5.82 Å². The molecule has 0 saturated heterocycles. The summed E-state index contributed by atoms with van der Waals surface area (Å²) in [5, 5.41) is 9.19. The van der Waals surface area contributed by atoms with E-state index in [0.717, 1.165) is 5.56 Å². The van der Waals surface area contributed by atoms with Gasteiger partial charge in [0.2, 0.25) is 0 Å².